The third-order valence-electron chi connectivity index (χ3n) is 2.78. The fourth-order valence-electron chi connectivity index (χ4n) is 1.80. The van der Waals surface area contributed by atoms with Gasteiger partial charge in [0.05, 0.1) is 16.7 Å². The summed E-state index contributed by atoms with van der Waals surface area (Å²) >= 11 is 7.66. The highest BCUT2D eigenvalue weighted by molar-refractivity contribution is 7.09. The van der Waals surface area contributed by atoms with Gasteiger partial charge in [-0.05, 0) is 38.1 Å². The number of benzene rings is 1. The summed E-state index contributed by atoms with van der Waals surface area (Å²) in [5.41, 5.74) is 1.92. The molecule has 0 bridgehead atoms. The van der Waals surface area contributed by atoms with Crippen molar-refractivity contribution in [3.05, 3.63) is 50.7 Å². The number of hydrogen-bond donors (Lipinski definition) is 1. The van der Waals surface area contributed by atoms with Crippen LogP contribution in [-0.2, 0) is 6.42 Å². The number of halogens is 2. The highest BCUT2D eigenvalue weighted by Crippen LogP contribution is 2.25. The zero-order chi connectivity index (χ0) is 13.1. The molecule has 0 saturated heterocycles. The number of aromatic nitrogens is 1. The molecule has 2 nitrogen and oxygen atoms in total. The average Bonchev–Trinajstić information content (AvgIpc) is 2.75. The van der Waals surface area contributed by atoms with Gasteiger partial charge in [-0.2, -0.15) is 0 Å². The lowest BCUT2D eigenvalue weighted by Crippen LogP contribution is -2.19. The molecule has 0 fully saturated rings. The molecule has 0 aliphatic rings. The Hall–Kier alpha value is -0.970. The minimum Gasteiger partial charge on any atom is -0.311 e. The van der Waals surface area contributed by atoms with Crippen molar-refractivity contribution in [1.29, 1.82) is 0 Å². The Labute approximate surface area is 115 Å². The summed E-state index contributed by atoms with van der Waals surface area (Å²) in [6, 6.07) is 4.59. The highest BCUT2D eigenvalue weighted by Gasteiger charge is 2.15. The number of aryl methyl sites for hydroxylation is 1. The van der Waals surface area contributed by atoms with E-state index in [0.29, 0.717) is 11.4 Å². The van der Waals surface area contributed by atoms with Crippen LogP contribution < -0.4 is 5.32 Å². The van der Waals surface area contributed by atoms with Gasteiger partial charge in [-0.3, -0.25) is 0 Å². The van der Waals surface area contributed by atoms with Crippen LogP contribution in [0.15, 0.2) is 23.6 Å². The van der Waals surface area contributed by atoms with Gasteiger partial charge in [-0.25, -0.2) is 9.37 Å². The monoisotopic (exact) mass is 284 g/mol. The van der Waals surface area contributed by atoms with Crippen LogP contribution in [0.5, 0.6) is 0 Å². The van der Waals surface area contributed by atoms with Crippen molar-refractivity contribution in [2.75, 3.05) is 7.05 Å². The molecule has 2 aromatic rings. The van der Waals surface area contributed by atoms with Crippen LogP contribution in [0.4, 0.5) is 4.39 Å². The number of likely N-dealkylation sites (N-methyl/N-ethyl adjacent to an activating group) is 1. The zero-order valence-corrected chi connectivity index (χ0v) is 11.8. The number of nitrogens with one attached hydrogen (secondary N) is 1. The Morgan fingerprint density at radius 3 is 2.83 bits per heavy atom. The molecule has 1 heterocycles. The molecule has 0 aliphatic heterocycles. The van der Waals surface area contributed by atoms with E-state index in [9.17, 15) is 4.39 Å². The SMILES string of the molecule is CNC(Cc1ccc(F)cc1Cl)c1csc(C)n1. The minimum absolute atomic E-state index is 0.0953. The van der Waals surface area contributed by atoms with Gasteiger partial charge in [0, 0.05) is 10.4 Å². The van der Waals surface area contributed by atoms with E-state index in [1.54, 1.807) is 17.4 Å². The van der Waals surface area contributed by atoms with E-state index in [-0.39, 0.29) is 11.9 Å². The van der Waals surface area contributed by atoms with Crippen molar-refractivity contribution in [2.24, 2.45) is 0 Å². The summed E-state index contributed by atoms with van der Waals surface area (Å²) in [6.07, 6.45) is 0.693. The average molecular weight is 285 g/mol. The molecular weight excluding hydrogens is 271 g/mol. The fourth-order valence-corrected chi connectivity index (χ4v) is 2.71. The summed E-state index contributed by atoms with van der Waals surface area (Å²) in [5.74, 6) is -0.311. The Morgan fingerprint density at radius 2 is 2.28 bits per heavy atom. The first kappa shape index (κ1) is 13.5. The normalized spacial score (nSPS) is 12.7. The van der Waals surface area contributed by atoms with Gasteiger partial charge in [0.1, 0.15) is 5.82 Å². The summed E-state index contributed by atoms with van der Waals surface area (Å²) in [7, 11) is 1.89. The van der Waals surface area contributed by atoms with Gasteiger partial charge >= 0.3 is 0 Å². The minimum atomic E-state index is -0.311. The molecule has 1 atom stereocenters. The predicted molar refractivity (Wildman–Crippen MR) is 73.8 cm³/mol. The number of nitrogens with zero attached hydrogens (tertiary/aromatic N) is 1. The van der Waals surface area contributed by atoms with Crippen LogP contribution in [0.3, 0.4) is 0 Å². The van der Waals surface area contributed by atoms with E-state index in [1.165, 1.54) is 12.1 Å². The Kier molecular flexibility index (Phi) is 4.32. The first-order chi connectivity index (χ1) is 8.60. The third kappa shape index (κ3) is 3.07. The quantitative estimate of drug-likeness (QED) is 0.925. The summed E-state index contributed by atoms with van der Waals surface area (Å²) in [4.78, 5) is 4.46. The predicted octanol–water partition coefficient (Wildman–Crippen LogP) is 3.75. The molecule has 0 aliphatic carbocycles. The molecular formula is C13H14ClFN2S. The molecule has 1 N–H and O–H groups in total. The zero-order valence-electron chi connectivity index (χ0n) is 10.2. The molecule has 0 saturated carbocycles. The molecule has 2 rings (SSSR count). The largest absolute Gasteiger partial charge is 0.311 e. The molecule has 1 unspecified atom stereocenters. The summed E-state index contributed by atoms with van der Waals surface area (Å²) in [5, 5.41) is 6.75. The van der Waals surface area contributed by atoms with Gasteiger partial charge in [-0.15, -0.1) is 11.3 Å². The van der Waals surface area contributed by atoms with Crippen LogP contribution >= 0.6 is 22.9 Å². The number of thiazole rings is 1. The molecule has 0 amide bonds. The van der Waals surface area contributed by atoms with Gasteiger partial charge < -0.3 is 5.32 Å². The van der Waals surface area contributed by atoms with Crippen molar-refractivity contribution in [2.45, 2.75) is 19.4 Å². The van der Waals surface area contributed by atoms with E-state index in [4.69, 9.17) is 11.6 Å². The lowest BCUT2D eigenvalue weighted by Gasteiger charge is -2.14. The van der Waals surface area contributed by atoms with E-state index in [1.807, 2.05) is 19.4 Å². The second-order valence-corrected chi connectivity index (χ2v) is 5.54. The van der Waals surface area contributed by atoms with Crippen molar-refractivity contribution >= 4 is 22.9 Å². The smallest absolute Gasteiger partial charge is 0.124 e. The Morgan fingerprint density at radius 1 is 1.50 bits per heavy atom. The molecule has 1 aromatic carbocycles. The van der Waals surface area contributed by atoms with Crippen LogP contribution in [0.25, 0.3) is 0 Å². The van der Waals surface area contributed by atoms with E-state index >= 15 is 0 Å². The molecule has 0 spiro atoms. The van der Waals surface area contributed by atoms with Crippen LogP contribution in [0.1, 0.15) is 22.3 Å². The molecule has 1 aromatic heterocycles. The van der Waals surface area contributed by atoms with Gasteiger partial charge in [0.15, 0.2) is 0 Å². The summed E-state index contributed by atoms with van der Waals surface area (Å²) in [6.45, 7) is 1.98. The molecule has 5 heteroatoms. The number of rotatable bonds is 4. The maximum atomic E-state index is 13.0. The van der Waals surface area contributed by atoms with Crippen LogP contribution in [0.2, 0.25) is 5.02 Å². The van der Waals surface area contributed by atoms with Gasteiger partial charge in [-0.1, -0.05) is 17.7 Å². The highest BCUT2D eigenvalue weighted by atomic mass is 35.5. The van der Waals surface area contributed by atoms with E-state index < -0.39 is 0 Å². The van der Waals surface area contributed by atoms with Crippen molar-refractivity contribution in [3.63, 3.8) is 0 Å². The van der Waals surface area contributed by atoms with Crippen molar-refractivity contribution in [3.8, 4) is 0 Å². The van der Waals surface area contributed by atoms with Crippen molar-refractivity contribution < 1.29 is 4.39 Å². The van der Waals surface area contributed by atoms with Gasteiger partial charge in [0.25, 0.3) is 0 Å². The second-order valence-electron chi connectivity index (χ2n) is 4.07. The number of hydrogen-bond acceptors (Lipinski definition) is 3. The van der Waals surface area contributed by atoms with Crippen molar-refractivity contribution in [1.82, 2.24) is 10.3 Å². The van der Waals surface area contributed by atoms with E-state index in [2.05, 4.69) is 10.3 Å². The standard InChI is InChI=1S/C13H14ClFN2S/c1-8-17-13(7-18-8)12(16-2)5-9-3-4-10(15)6-11(9)14/h3-4,6-7,12,16H,5H2,1-2H3. The maximum Gasteiger partial charge on any atom is 0.124 e. The lowest BCUT2D eigenvalue weighted by molar-refractivity contribution is 0.576. The second kappa shape index (κ2) is 5.78. The molecule has 0 radical (unpaired) electrons. The Bertz CT molecular complexity index is 542. The summed E-state index contributed by atoms with van der Waals surface area (Å²) < 4.78 is 13.0. The Balaban J connectivity index is 2.20. The van der Waals surface area contributed by atoms with E-state index in [0.717, 1.165) is 16.3 Å². The first-order valence-electron chi connectivity index (χ1n) is 5.63. The van der Waals surface area contributed by atoms with Crippen LogP contribution in [0, 0.1) is 12.7 Å². The van der Waals surface area contributed by atoms with Gasteiger partial charge in [0.2, 0.25) is 0 Å². The van der Waals surface area contributed by atoms with Crippen LogP contribution in [-0.4, -0.2) is 12.0 Å². The topological polar surface area (TPSA) is 24.9 Å². The third-order valence-corrected chi connectivity index (χ3v) is 3.92. The molecule has 96 valence electrons. The fraction of sp³-hybridized carbons (Fsp3) is 0.308. The first-order valence-corrected chi connectivity index (χ1v) is 6.89. The molecule has 18 heavy (non-hydrogen) atoms. The maximum absolute atomic E-state index is 13.0. The lowest BCUT2D eigenvalue weighted by atomic mass is 10.0.